The van der Waals surface area contributed by atoms with Crippen LogP contribution >= 0.6 is 23.2 Å². The van der Waals surface area contributed by atoms with Gasteiger partial charge in [-0.3, -0.25) is 4.79 Å². The largest absolute Gasteiger partial charge is 0.310 e. The minimum absolute atomic E-state index is 0.157. The number of halogens is 3. The molecule has 1 aromatic carbocycles. The quantitative estimate of drug-likeness (QED) is 0.938. The van der Waals surface area contributed by atoms with E-state index in [0.29, 0.717) is 10.8 Å². The molecule has 6 heteroatoms. The highest BCUT2D eigenvalue weighted by molar-refractivity contribution is 6.31. The molecule has 0 aliphatic heterocycles. The van der Waals surface area contributed by atoms with Gasteiger partial charge in [-0.05, 0) is 24.3 Å². The van der Waals surface area contributed by atoms with Crippen molar-refractivity contribution >= 4 is 34.9 Å². The molecule has 1 heterocycles. The second-order valence-corrected chi connectivity index (χ2v) is 4.63. The predicted molar refractivity (Wildman–Crippen MR) is 73.0 cm³/mol. The Morgan fingerprint density at radius 2 is 2.05 bits per heavy atom. The van der Waals surface area contributed by atoms with Crippen molar-refractivity contribution in [3.8, 4) is 0 Å². The third-order valence-electron chi connectivity index (χ3n) is 2.39. The maximum absolute atomic E-state index is 13.5. The maximum atomic E-state index is 13.5. The lowest BCUT2D eigenvalue weighted by atomic mass is 10.1. The number of carbonyl (C=O) groups excluding carboxylic acids is 1. The van der Waals surface area contributed by atoms with Crippen molar-refractivity contribution in [3.05, 3.63) is 58.0 Å². The van der Waals surface area contributed by atoms with Crippen LogP contribution in [0.25, 0.3) is 0 Å². The molecule has 19 heavy (non-hydrogen) atoms. The number of hydrogen-bond acceptors (Lipinski definition) is 2. The molecule has 0 saturated carbocycles. The van der Waals surface area contributed by atoms with Gasteiger partial charge in [0.25, 0.3) is 0 Å². The van der Waals surface area contributed by atoms with Crippen LogP contribution in [0.4, 0.5) is 10.2 Å². The zero-order valence-corrected chi connectivity index (χ0v) is 11.2. The van der Waals surface area contributed by atoms with Crippen molar-refractivity contribution in [1.82, 2.24) is 4.98 Å². The van der Waals surface area contributed by atoms with Gasteiger partial charge in [-0.1, -0.05) is 29.3 Å². The van der Waals surface area contributed by atoms with Crippen LogP contribution in [-0.4, -0.2) is 10.9 Å². The Hall–Kier alpha value is -1.65. The fourth-order valence-electron chi connectivity index (χ4n) is 1.50. The minimum atomic E-state index is -0.508. The molecule has 1 amide bonds. The van der Waals surface area contributed by atoms with Crippen molar-refractivity contribution in [2.75, 3.05) is 5.32 Å². The average molecular weight is 299 g/mol. The molecule has 2 rings (SSSR count). The minimum Gasteiger partial charge on any atom is -0.310 e. The SMILES string of the molecule is O=C(Cc1c(F)cccc1Cl)Nc1ccc(Cl)cn1. The Bertz CT molecular complexity index is 582. The Balaban J connectivity index is 2.07. The van der Waals surface area contributed by atoms with Gasteiger partial charge in [0.05, 0.1) is 11.4 Å². The smallest absolute Gasteiger partial charge is 0.230 e. The number of amides is 1. The van der Waals surface area contributed by atoms with E-state index in [1.165, 1.54) is 24.4 Å². The summed E-state index contributed by atoms with van der Waals surface area (Å²) in [5, 5.41) is 3.23. The number of benzene rings is 1. The van der Waals surface area contributed by atoms with E-state index in [2.05, 4.69) is 10.3 Å². The molecule has 0 unspecified atom stereocenters. The molecule has 1 N–H and O–H groups in total. The predicted octanol–water partition coefficient (Wildman–Crippen LogP) is 3.71. The summed E-state index contributed by atoms with van der Waals surface area (Å²) in [6.07, 6.45) is 1.25. The Kier molecular flexibility index (Phi) is 4.35. The van der Waals surface area contributed by atoms with Gasteiger partial charge in [-0.2, -0.15) is 0 Å². The highest BCUT2D eigenvalue weighted by atomic mass is 35.5. The molecular formula is C13H9Cl2FN2O. The van der Waals surface area contributed by atoms with Crippen LogP contribution < -0.4 is 5.32 Å². The number of nitrogens with zero attached hydrogens (tertiary/aromatic N) is 1. The van der Waals surface area contributed by atoms with Gasteiger partial charge in [0.2, 0.25) is 5.91 Å². The monoisotopic (exact) mass is 298 g/mol. The first kappa shape index (κ1) is 13.8. The summed E-state index contributed by atoms with van der Waals surface area (Å²) in [5.74, 6) is -0.560. The van der Waals surface area contributed by atoms with E-state index < -0.39 is 11.7 Å². The van der Waals surface area contributed by atoms with Gasteiger partial charge >= 0.3 is 0 Å². The van der Waals surface area contributed by atoms with Crippen LogP contribution in [0, 0.1) is 5.82 Å². The number of nitrogens with one attached hydrogen (secondary N) is 1. The van der Waals surface area contributed by atoms with Gasteiger partial charge in [-0.15, -0.1) is 0 Å². The third kappa shape index (κ3) is 3.66. The van der Waals surface area contributed by atoms with E-state index in [1.54, 1.807) is 12.1 Å². The molecule has 0 radical (unpaired) electrons. The first-order valence-corrected chi connectivity index (χ1v) is 6.16. The molecule has 0 aliphatic rings. The topological polar surface area (TPSA) is 42.0 Å². The Morgan fingerprint density at radius 1 is 1.26 bits per heavy atom. The van der Waals surface area contributed by atoms with Crippen LogP contribution in [0.1, 0.15) is 5.56 Å². The summed E-state index contributed by atoms with van der Waals surface area (Å²) >= 11 is 11.5. The molecule has 0 fully saturated rings. The summed E-state index contributed by atoms with van der Waals surface area (Å²) in [7, 11) is 0. The number of pyridine rings is 1. The first-order valence-electron chi connectivity index (χ1n) is 5.40. The average Bonchev–Trinajstić information content (AvgIpc) is 2.37. The van der Waals surface area contributed by atoms with Crippen molar-refractivity contribution in [3.63, 3.8) is 0 Å². The second kappa shape index (κ2) is 5.99. The lowest BCUT2D eigenvalue weighted by molar-refractivity contribution is -0.115. The van der Waals surface area contributed by atoms with Gasteiger partial charge in [0.15, 0.2) is 0 Å². The van der Waals surface area contributed by atoms with Crippen LogP contribution in [0.15, 0.2) is 36.5 Å². The summed E-state index contributed by atoms with van der Waals surface area (Å²) in [6.45, 7) is 0. The molecule has 0 aliphatic carbocycles. The standard InChI is InChI=1S/C13H9Cl2FN2O/c14-8-4-5-12(17-7-8)18-13(19)6-9-10(15)2-1-3-11(9)16/h1-5,7H,6H2,(H,17,18,19). The van der Waals surface area contributed by atoms with Crippen LogP contribution in [0.2, 0.25) is 10.0 Å². The normalized spacial score (nSPS) is 10.3. The molecule has 98 valence electrons. The number of rotatable bonds is 3. The van der Waals surface area contributed by atoms with Crippen molar-refractivity contribution in [1.29, 1.82) is 0 Å². The fourth-order valence-corrected chi connectivity index (χ4v) is 1.84. The van der Waals surface area contributed by atoms with Crippen molar-refractivity contribution < 1.29 is 9.18 Å². The molecule has 0 saturated heterocycles. The number of aromatic nitrogens is 1. The highest BCUT2D eigenvalue weighted by Crippen LogP contribution is 2.20. The van der Waals surface area contributed by atoms with Gasteiger partial charge in [0.1, 0.15) is 11.6 Å². The lowest BCUT2D eigenvalue weighted by Crippen LogP contribution is -2.16. The third-order valence-corrected chi connectivity index (χ3v) is 2.97. The van der Waals surface area contributed by atoms with Gasteiger partial charge < -0.3 is 5.32 Å². The van der Waals surface area contributed by atoms with E-state index in [9.17, 15) is 9.18 Å². The summed E-state index contributed by atoms with van der Waals surface area (Å²) < 4.78 is 13.5. The second-order valence-electron chi connectivity index (χ2n) is 3.79. The number of anilines is 1. The van der Waals surface area contributed by atoms with Gasteiger partial charge in [-0.25, -0.2) is 9.37 Å². The van der Waals surface area contributed by atoms with Crippen molar-refractivity contribution in [2.24, 2.45) is 0 Å². The summed E-state index contributed by atoms with van der Waals surface area (Å²) in [5.41, 5.74) is 0.163. The van der Waals surface area contributed by atoms with E-state index in [0.717, 1.165) is 0 Å². The molecule has 1 aromatic heterocycles. The lowest BCUT2D eigenvalue weighted by Gasteiger charge is -2.07. The molecule has 2 aromatic rings. The molecule has 0 atom stereocenters. The Morgan fingerprint density at radius 3 is 2.68 bits per heavy atom. The molecular weight excluding hydrogens is 290 g/mol. The maximum Gasteiger partial charge on any atom is 0.230 e. The molecule has 0 spiro atoms. The molecule has 0 bridgehead atoms. The van der Waals surface area contributed by atoms with Gasteiger partial charge in [0, 0.05) is 16.8 Å². The highest BCUT2D eigenvalue weighted by Gasteiger charge is 2.12. The van der Waals surface area contributed by atoms with Crippen LogP contribution in [0.5, 0.6) is 0 Å². The fraction of sp³-hybridized carbons (Fsp3) is 0.0769. The Labute approximate surface area is 119 Å². The van der Waals surface area contributed by atoms with E-state index in [-0.39, 0.29) is 17.0 Å². The molecule has 3 nitrogen and oxygen atoms in total. The zero-order chi connectivity index (χ0) is 13.8. The zero-order valence-electron chi connectivity index (χ0n) is 9.66. The summed E-state index contributed by atoms with van der Waals surface area (Å²) in [4.78, 5) is 15.7. The van der Waals surface area contributed by atoms with Crippen LogP contribution in [-0.2, 0) is 11.2 Å². The van der Waals surface area contributed by atoms with Crippen LogP contribution in [0.3, 0.4) is 0 Å². The van der Waals surface area contributed by atoms with Crippen molar-refractivity contribution in [2.45, 2.75) is 6.42 Å². The number of hydrogen-bond donors (Lipinski definition) is 1. The van der Waals surface area contributed by atoms with E-state index >= 15 is 0 Å². The first-order chi connectivity index (χ1) is 9.06. The van der Waals surface area contributed by atoms with E-state index in [1.807, 2.05) is 0 Å². The number of carbonyl (C=O) groups is 1. The van der Waals surface area contributed by atoms with E-state index in [4.69, 9.17) is 23.2 Å². The summed E-state index contributed by atoms with van der Waals surface area (Å²) in [6, 6.07) is 7.44.